The minimum Gasteiger partial charge on any atom is -0.392 e. The Kier molecular flexibility index (Phi) is 3.16. The topological polar surface area (TPSA) is 47.2 Å². The summed E-state index contributed by atoms with van der Waals surface area (Å²) in [5.74, 6) is 0. The van der Waals surface area contributed by atoms with Gasteiger partial charge in [-0.1, -0.05) is 36.4 Å². The molecule has 0 fully saturated rings. The molecule has 0 radical (unpaired) electrons. The van der Waals surface area contributed by atoms with E-state index in [0.29, 0.717) is 6.54 Å². The van der Waals surface area contributed by atoms with Crippen LogP contribution in [-0.2, 0) is 20.2 Å². The van der Waals surface area contributed by atoms with E-state index in [1.54, 1.807) is 16.2 Å². The molecule has 0 amide bonds. The SMILES string of the molecule is Cn1c(=O)n(Cc2ccccc2)c2ccc(CO)cc21. The standard InChI is InChI=1S/C16H16N2O2/c1-17-15-9-13(11-19)7-8-14(15)18(16(17)20)10-12-5-3-2-4-6-12/h2-9,19H,10-11H2,1H3. The number of fused-ring (bicyclic) bond motifs is 1. The number of benzene rings is 2. The molecule has 0 saturated heterocycles. The third-order valence-corrected chi connectivity index (χ3v) is 3.58. The summed E-state index contributed by atoms with van der Waals surface area (Å²) in [7, 11) is 1.76. The maximum Gasteiger partial charge on any atom is 0.329 e. The summed E-state index contributed by atoms with van der Waals surface area (Å²) in [5, 5.41) is 9.21. The number of hydrogen-bond donors (Lipinski definition) is 1. The lowest BCUT2D eigenvalue weighted by Crippen LogP contribution is -2.22. The van der Waals surface area contributed by atoms with Gasteiger partial charge in [0.15, 0.2) is 0 Å². The van der Waals surface area contributed by atoms with Gasteiger partial charge in [-0.3, -0.25) is 9.13 Å². The maximum atomic E-state index is 12.4. The van der Waals surface area contributed by atoms with Gasteiger partial charge in [0.2, 0.25) is 0 Å². The Labute approximate surface area is 116 Å². The average molecular weight is 268 g/mol. The van der Waals surface area contributed by atoms with E-state index in [2.05, 4.69) is 0 Å². The van der Waals surface area contributed by atoms with Crippen LogP contribution >= 0.6 is 0 Å². The fourth-order valence-corrected chi connectivity index (χ4v) is 2.47. The molecule has 102 valence electrons. The summed E-state index contributed by atoms with van der Waals surface area (Å²) in [6.07, 6.45) is 0. The monoisotopic (exact) mass is 268 g/mol. The molecule has 0 spiro atoms. The maximum absolute atomic E-state index is 12.4. The van der Waals surface area contributed by atoms with Crippen molar-refractivity contribution in [1.82, 2.24) is 9.13 Å². The van der Waals surface area contributed by atoms with Gasteiger partial charge in [0.05, 0.1) is 24.2 Å². The van der Waals surface area contributed by atoms with E-state index < -0.39 is 0 Å². The van der Waals surface area contributed by atoms with Gasteiger partial charge < -0.3 is 5.11 Å². The van der Waals surface area contributed by atoms with E-state index in [0.717, 1.165) is 22.2 Å². The van der Waals surface area contributed by atoms with Gasteiger partial charge >= 0.3 is 5.69 Å². The number of aliphatic hydroxyl groups excluding tert-OH is 1. The highest BCUT2D eigenvalue weighted by molar-refractivity contribution is 5.77. The minimum absolute atomic E-state index is 0.0198. The largest absolute Gasteiger partial charge is 0.392 e. The number of hydrogen-bond acceptors (Lipinski definition) is 2. The molecule has 0 aliphatic rings. The molecule has 1 heterocycles. The molecule has 20 heavy (non-hydrogen) atoms. The van der Waals surface area contributed by atoms with Crippen LogP contribution in [0.4, 0.5) is 0 Å². The summed E-state index contributed by atoms with van der Waals surface area (Å²) in [6, 6.07) is 15.5. The number of aromatic nitrogens is 2. The van der Waals surface area contributed by atoms with Crippen LogP contribution in [0.15, 0.2) is 53.3 Å². The highest BCUT2D eigenvalue weighted by atomic mass is 16.3. The number of rotatable bonds is 3. The van der Waals surface area contributed by atoms with Crippen LogP contribution in [0.1, 0.15) is 11.1 Å². The smallest absolute Gasteiger partial charge is 0.329 e. The van der Waals surface area contributed by atoms with Crippen LogP contribution < -0.4 is 5.69 Å². The van der Waals surface area contributed by atoms with E-state index in [4.69, 9.17) is 0 Å². The number of imidazole rings is 1. The first-order chi connectivity index (χ1) is 9.70. The van der Waals surface area contributed by atoms with Gasteiger partial charge in [0.25, 0.3) is 0 Å². The first-order valence-electron chi connectivity index (χ1n) is 6.53. The van der Waals surface area contributed by atoms with Crippen LogP contribution in [0, 0.1) is 0 Å². The first kappa shape index (κ1) is 12.7. The van der Waals surface area contributed by atoms with E-state index in [9.17, 15) is 9.90 Å². The Balaban J connectivity index is 2.16. The Morgan fingerprint density at radius 1 is 1.00 bits per heavy atom. The van der Waals surface area contributed by atoms with Crippen LogP contribution in [0.5, 0.6) is 0 Å². The lowest BCUT2D eigenvalue weighted by molar-refractivity contribution is 0.282. The van der Waals surface area contributed by atoms with E-state index >= 15 is 0 Å². The minimum atomic E-state index is -0.0426. The van der Waals surface area contributed by atoms with Gasteiger partial charge in [-0.2, -0.15) is 0 Å². The molecule has 4 heteroatoms. The summed E-state index contributed by atoms with van der Waals surface area (Å²) in [6.45, 7) is 0.531. The van der Waals surface area contributed by atoms with Gasteiger partial charge in [-0.05, 0) is 23.3 Å². The van der Waals surface area contributed by atoms with Crippen molar-refractivity contribution < 1.29 is 5.11 Å². The predicted molar refractivity (Wildman–Crippen MR) is 78.6 cm³/mol. The molecule has 0 unspecified atom stereocenters. The molecule has 0 saturated carbocycles. The molecule has 0 atom stereocenters. The van der Waals surface area contributed by atoms with Crippen molar-refractivity contribution in [3.05, 3.63) is 70.1 Å². The Hall–Kier alpha value is -2.33. The van der Waals surface area contributed by atoms with Gasteiger partial charge in [0.1, 0.15) is 0 Å². The Bertz CT molecular complexity index is 800. The zero-order chi connectivity index (χ0) is 14.1. The molecule has 0 bridgehead atoms. The third-order valence-electron chi connectivity index (χ3n) is 3.58. The van der Waals surface area contributed by atoms with E-state index in [1.807, 2.05) is 48.5 Å². The van der Waals surface area contributed by atoms with Crippen molar-refractivity contribution in [3.63, 3.8) is 0 Å². The van der Waals surface area contributed by atoms with Crippen molar-refractivity contribution >= 4 is 11.0 Å². The normalized spacial score (nSPS) is 11.1. The molecule has 3 rings (SSSR count). The van der Waals surface area contributed by atoms with Gasteiger partial charge in [-0.15, -0.1) is 0 Å². The van der Waals surface area contributed by atoms with Crippen LogP contribution in [0.3, 0.4) is 0 Å². The second-order valence-corrected chi connectivity index (χ2v) is 4.89. The summed E-state index contributed by atoms with van der Waals surface area (Å²) in [4.78, 5) is 12.4. The predicted octanol–water partition coefficient (Wildman–Crippen LogP) is 1.88. The quantitative estimate of drug-likeness (QED) is 0.788. The second-order valence-electron chi connectivity index (χ2n) is 4.89. The highest BCUT2D eigenvalue weighted by Gasteiger charge is 2.11. The van der Waals surface area contributed by atoms with Crippen molar-refractivity contribution in [2.75, 3.05) is 0 Å². The van der Waals surface area contributed by atoms with Crippen LogP contribution in [-0.4, -0.2) is 14.2 Å². The fraction of sp³-hybridized carbons (Fsp3) is 0.188. The van der Waals surface area contributed by atoms with Crippen LogP contribution in [0.2, 0.25) is 0 Å². The molecule has 1 aromatic heterocycles. The highest BCUT2D eigenvalue weighted by Crippen LogP contribution is 2.16. The molecule has 4 nitrogen and oxygen atoms in total. The number of aliphatic hydroxyl groups is 1. The van der Waals surface area contributed by atoms with Crippen LogP contribution in [0.25, 0.3) is 11.0 Å². The fourth-order valence-electron chi connectivity index (χ4n) is 2.47. The molecule has 0 aliphatic carbocycles. The van der Waals surface area contributed by atoms with Crippen molar-refractivity contribution in [2.45, 2.75) is 13.2 Å². The zero-order valence-corrected chi connectivity index (χ0v) is 11.3. The average Bonchev–Trinajstić information content (AvgIpc) is 2.73. The summed E-state index contributed by atoms with van der Waals surface area (Å²) >= 11 is 0. The van der Waals surface area contributed by atoms with E-state index in [-0.39, 0.29) is 12.3 Å². The third kappa shape index (κ3) is 2.04. The van der Waals surface area contributed by atoms with Crippen molar-refractivity contribution in [1.29, 1.82) is 0 Å². The second kappa shape index (κ2) is 4.98. The molecule has 3 aromatic rings. The van der Waals surface area contributed by atoms with Gasteiger partial charge in [-0.25, -0.2) is 4.79 Å². The zero-order valence-electron chi connectivity index (χ0n) is 11.3. The molecule has 0 aliphatic heterocycles. The number of nitrogens with zero attached hydrogens (tertiary/aromatic N) is 2. The van der Waals surface area contributed by atoms with Gasteiger partial charge in [0, 0.05) is 7.05 Å². The molecular weight excluding hydrogens is 252 g/mol. The summed E-state index contributed by atoms with van der Waals surface area (Å²) in [5.41, 5.74) is 3.59. The lowest BCUT2D eigenvalue weighted by atomic mass is 10.2. The Morgan fingerprint density at radius 3 is 2.45 bits per heavy atom. The summed E-state index contributed by atoms with van der Waals surface area (Å²) < 4.78 is 3.38. The number of aryl methyl sites for hydroxylation is 1. The Morgan fingerprint density at radius 2 is 1.75 bits per heavy atom. The lowest BCUT2D eigenvalue weighted by Gasteiger charge is -2.04. The molecule has 1 N–H and O–H groups in total. The molecule has 2 aromatic carbocycles. The first-order valence-corrected chi connectivity index (χ1v) is 6.53. The van der Waals surface area contributed by atoms with Crippen molar-refractivity contribution in [2.24, 2.45) is 7.05 Å². The van der Waals surface area contributed by atoms with Crippen molar-refractivity contribution in [3.8, 4) is 0 Å². The van der Waals surface area contributed by atoms with E-state index in [1.165, 1.54) is 0 Å². The molecular formula is C16H16N2O2.